The van der Waals surface area contributed by atoms with Gasteiger partial charge in [-0.1, -0.05) is 6.58 Å². The molecule has 0 aromatic heterocycles. The van der Waals surface area contributed by atoms with Crippen LogP contribution in [0.2, 0.25) is 0 Å². The Kier molecular flexibility index (Phi) is 5.49. The average Bonchev–Trinajstić information content (AvgIpc) is 2.12. The molecule has 5 nitrogen and oxygen atoms in total. The number of aliphatic hydroxyl groups is 1. The molecule has 0 aliphatic heterocycles. The van der Waals surface area contributed by atoms with Crippen LogP contribution in [0.1, 0.15) is 6.92 Å². The summed E-state index contributed by atoms with van der Waals surface area (Å²) >= 11 is 0. The van der Waals surface area contributed by atoms with Crippen molar-refractivity contribution < 1.29 is 19.2 Å². The van der Waals surface area contributed by atoms with E-state index in [1.807, 2.05) is 21.1 Å². The van der Waals surface area contributed by atoms with Crippen molar-refractivity contribution in [2.45, 2.75) is 19.1 Å². The molecule has 5 heteroatoms. The van der Waals surface area contributed by atoms with Gasteiger partial charge in [-0.25, -0.2) is 4.79 Å². The molecule has 0 aromatic rings. The van der Waals surface area contributed by atoms with Gasteiger partial charge >= 0.3 is 5.97 Å². The summed E-state index contributed by atoms with van der Waals surface area (Å²) in [4.78, 5) is 10.9. The van der Waals surface area contributed by atoms with Crippen molar-refractivity contribution in [3.63, 3.8) is 0 Å². The molecule has 88 valence electrons. The van der Waals surface area contributed by atoms with Crippen molar-refractivity contribution >= 4 is 5.97 Å². The highest BCUT2D eigenvalue weighted by Crippen LogP contribution is 1.99. The fourth-order valence-electron chi connectivity index (χ4n) is 0.843. The van der Waals surface area contributed by atoms with E-state index in [2.05, 4.69) is 12.0 Å². The Bertz CT molecular complexity index is 223. The maximum atomic E-state index is 10.9. The van der Waals surface area contributed by atoms with E-state index < -0.39 is 18.2 Å². The zero-order valence-corrected chi connectivity index (χ0v) is 9.86. The second kappa shape index (κ2) is 5.85. The first-order valence-corrected chi connectivity index (χ1v) is 4.84. The molecule has 0 fully saturated rings. The van der Waals surface area contributed by atoms with Gasteiger partial charge in [0.2, 0.25) is 0 Å². The molecule has 2 atom stereocenters. The van der Waals surface area contributed by atoms with E-state index in [0.717, 1.165) is 6.08 Å². The van der Waals surface area contributed by atoms with E-state index in [9.17, 15) is 9.90 Å². The van der Waals surface area contributed by atoms with Gasteiger partial charge in [-0.2, -0.15) is 5.43 Å². The Labute approximate surface area is 90.9 Å². The Morgan fingerprint density at radius 1 is 1.60 bits per heavy atom. The summed E-state index contributed by atoms with van der Waals surface area (Å²) in [6.45, 7) is 5.28. The smallest absolute Gasteiger partial charge is 0.330 e. The standard InChI is InChI=1S/C10H21N2O3/c1-6-10(14)15-8(2)9(13)7-11-12(3,4)5/h6,8-9,11,13H,1,7H2,2-5H3/q+1. The number of hydrogen-bond acceptors (Lipinski definition) is 4. The van der Waals surface area contributed by atoms with Crippen LogP contribution < -0.4 is 5.43 Å². The molecule has 0 spiro atoms. The number of carbonyl (C=O) groups excluding carboxylic acids is 1. The van der Waals surface area contributed by atoms with Gasteiger partial charge in [0.05, 0.1) is 27.7 Å². The number of carbonyl (C=O) groups is 1. The van der Waals surface area contributed by atoms with Crippen LogP contribution in [0.3, 0.4) is 0 Å². The Morgan fingerprint density at radius 3 is 2.53 bits per heavy atom. The number of aliphatic hydroxyl groups excluding tert-OH is 1. The fourth-order valence-corrected chi connectivity index (χ4v) is 0.843. The lowest BCUT2D eigenvalue weighted by Crippen LogP contribution is -2.52. The van der Waals surface area contributed by atoms with Crippen LogP contribution >= 0.6 is 0 Å². The van der Waals surface area contributed by atoms with Crippen molar-refractivity contribution in [1.82, 2.24) is 5.43 Å². The predicted octanol–water partition coefficient (Wildman–Crippen LogP) is -0.324. The highest BCUT2D eigenvalue weighted by molar-refractivity contribution is 5.81. The highest BCUT2D eigenvalue weighted by Gasteiger charge is 2.19. The zero-order chi connectivity index (χ0) is 12.1. The number of ether oxygens (including phenoxy) is 1. The molecule has 2 N–H and O–H groups in total. The summed E-state index contributed by atoms with van der Waals surface area (Å²) in [6, 6.07) is 0. The highest BCUT2D eigenvalue weighted by atomic mass is 16.6. The van der Waals surface area contributed by atoms with Crippen LogP contribution in [-0.2, 0) is 9.53 Å². The summed E-state index contributed by atoms with van der Waals surface area (Å²) in [7, 11) is 5.81. The van der Waals surface area contributed by atoms with E-state index in [0.29, 0.717) is 11.1 Å². The summed E-state index contributed by atoms with van der Waals surface area (Å²) in [5.74, 6) is -0.521. The quantitative estimate of drug-likeness (QED) is 0.277. The molecule has 0 bridgehead atoms. The van der Waals surface area contributed by atoms with Gasteiger partial charge in [0.1, 0.15) is 12.2 Å². The summed E-state index contributed by atoms with van der Waals surface area (Å²) in [5.41, 5.74) is 3.06. The maximum Gasteiger partial charge on any atom is 0.330 e. The molecule has 0 rings (SSSR count). The third kappa shape index (κ3) is 7.07. The fraction of sp³-hybridized carbons (Fsp3) is 0.700. The van der Waals surface area contributed by atoms with Crippen LogP contribution in [0.25, 0.3) is 0 Å². The molecule has 0 aliphatic rings. The average molecular weight is 217 g/mol. The summed E-state index contributed by atoms with van der Waals surface area (Å²) in [5, 5.41) is 9.64. The molecule has 0 saturated heterocycles. The van der Waals surface area contributed by atoms with Crippen LogP contribution in [0.15, 0.2) is 12.7 Å². The Morgan fingerprint density at radius 2 is 2.13 bits per heavy atom. The van der Waals surface area contributed by atoms with E-state index in [4.69, 9.17) is 4.74 Å². The molecular formula is C10H21N2O3+. The Balaban J connectivity index is 3.94. The second-order valence-electron chi connectivity index (χ2n) is 4.29. The van der Waals surface area contributed by atoms with Crippen LogP contribution in [0.5, 0.6) is 0 Å². The first-order chi connectivity index (χ1) is 6.76. The SMILES string of the molecule is C=CC(=O)OC(C)C(O)CN[N+](C)(C)C. The van der Waals surface area contributed by atoms with E-state index in [1.165, 1.54) is 0 Å². The van der Waals surface area contributed by atoms with Gasteiger partial charge in [0.15, 0.2) is 0 Å². The number of nitrogens with zero attached hydrogens (tertiary/aromatic N) is 1. The molecule has 0 radical (unpaired) electrons. The van der Waals surface area contributed by atoms with Gasteiger partial charge in [-0.3, -0.25) is 4.59 Å². The lowest BCUT2D eigenvalue weighted by atomic mass is 10.2. The van der Waals surface area contributed by atoms with E-state index >= 15 is 0 Å². The van der Waals surface area contributed by atoms with Gasteiger partial charge in [0.25, 0.3) is 0 Å². The van der Waals surface area contributed by atoms with Crippen LogP contribution in [0.4, 0.5) is 0 Å². The van der Waals surface area contributed by atoms with Gasteiger partial charge in [-0.05, 0) is 6.92 Å². The lowest BCUT2D eigenvalue weighted by molar-refractivity contribution is -0.915. The van der Waals surface area contributed by atoms with Crippen LogP contribution in [-0.4, -0.2) is 55.6 Å². The molecule has 2 unspecified atom stereocenters. The monoisotopic (exact) mass is 217 g/mol. The van der Waals surface area contributed by atoms with Crippen molar-refractivity contribution in [1.29, 1.82) is 0 Å². The van der Waals surface area contributed by atoms with E-state index in [-0.39, 0.29) is 0 Å². The number of rotatable bonds is 6. The molecular weight excluding hydrogens is 196 g/mol. The van der Waals surface area contributed by atoms with Gasteiger partial charge < -0.3 is 9.84 Å². The van der Waals surface area contributed by atoms with E-state index in [1.54, 1.807) is 6.92 Å². The molecule has 0 heterocycles. The minimum Gasteiger partial charge on any atom is -0.457 e. The summed E-state index contributed by atoms with van der Waals surface area (Å²) in [6.07, 6.45) is -0.197. The predicted molar refractivity (Wildman–Crippen MR) is 57.8 cm³/mol. The van der Waals surface area contributed by atoms with Crippen LogP contribution in [0, 0.1) is 0 Å². The minimum atomic E-state index is -0.730. The Hall–Kier alpha value is -0.910. The van der Waals surface area contributed by atoms with Gasteiger partial charge in [0, 0.05) is 6.08 Å². The maximum absolute atomic E-state index is 10.9. The normalized spacial score (nSPS) is 15.5. The third-order valence-corrected chi connectivity index (χ3v) is 1.79. The molecule has 0 aromatic carbocycles. The molecule has 0 amide bonds. The third-order valence-electron chi connectivity index (χ3n) is 1.79. The largest absolute Gasteiger partial charge is 0.457 e. The molecule has 0 saturated carbocycles. The zero-order valence-electron chi connectivity index (χ0n) is 9.86. The first kappa shape index (κ1) is 14.1. The molecule has 0 aliphatic carbocycles. The molecule has 15 heavy (non-hydrogen) atoms. The topological polar surface area (TPSA) is 58.6 Å². The minimum absolute atomic E-state index is 0.356. The van der Waals surface area contributed by atoms with Gasteiger partial charge in [-0.15, -0.1) is 0 Å². The second-order valence-corrected chi connectivity index (χ2v) is 4.29. The first-order valence-electron chi connectivity index (χ1n) is 4.84. The lowest BCUT2D eigenvalue weighted by Gasteiger charge is -2.27. The van der Waals surface area contributed by atoms with Crippen molar-refractivity contribution in [2.75, 3.05) is 27.7 Å². The van der Waals surface area contributed by atoms with Crippen molar-refractivity contribution in [3.05, 3.63) is 12.7 Å². The van der Waals surface area contributed by atoms with Crippen molar-refractivity contribution in [3.8, 4) is 0 Å². The number of esters is 1. The van der Waals surface area contributed by atoms with Crippen molar-refractivity contribution in [2.24, 2.45) is 0 Å². The summed E-state index contributed by atoms with van der Waals surface area (Å²) < 4.78 is 5.40. The number of nitrogens with one attached hydrogen (secondary N) is 1. The number of quaternary nitrogens is 1. The number of hydrogen-bond donors (Lipinski definition) is 2.